The standard InChI is InChI=1S/C21H35N3O3S/c1-3-28(25,26)24-13-11-23(12-14-24)18-20-8-4-5-9-21(20)27-16-15-22-10-6-7-19(2)17-22/h4-5,8-9,19H,3,6-7,10-18H2,1-2H3. The molecule has 0 radical (unpaired) electrons. The van der Waals surface area contributed by atoms with Crippen molar-refractivity contribution in [1.29, 1.82) is 0 Å². The molecule has 0 aliphatic carbocycles. The Bertz CT molecular complexity index is 717. The predicted octanol–water partition coefficient (Wildman–Crippen LogP) is 2.26. The van der Waals surface area contributed by atoms with E-state index >= 15 is 0 Å². The molecule has 0 aromatic heterocycles. The Balaban J connectivity index is 1.49. The number of para-hydroxylation sites is 1. The van der Waals surface area contributed by atoms with Gasteiger partial charge >= 0.3 is 0 Å². The number of likely N-dealkylation sites (tertiary alicyclic amines) is 1. The van der Waals surface area contributed by atoms with Crippen LogP contribution in [0.3, 0.4) is 0 Å². The Kier molecular flexibility index (Phi) is 7.74. The minimum absolute atomic E-state index is 0.180. The van der Waals surface area contributed by atoms with Crippen LogP contribution >= 0.6 is 0 Å². The highest BCUT2D eigenvalue weighted by Gasteiger charge is 2.25. The van der Waals surface area contributed by atoms with Crippen LogP contribution in [-0.4, -0.2) is 80.7 Å². The van der Waals surface area contributed by atoms with E-state index in [2.05, 4.69) is 22.8 Å². The maximum absolute atomic E-state index is 12.0. The molecule has 1 unspecified atom stereocenters. The van der Waals surface area contributed by atoms with E-state index in [4.69, 9.17) is 4.74 Å². The summed E-state index contributed by atoms with van der Waals surface area (Å²) in [5.74, 6) is 1.92. The first kappa shape index (κ1) is 21.6. The topological polar surface area (TPSA) is 53.1 Å². The van der Waals surface area contributed by atoms with Crippen LogP contribution in [0.5, 0.6) is 5.75 Å². The van der Waals surface area contributed by atoms with Crippen molar-refractivity contribution < 1.29 is 13.2 Å². The second-order valence-electron chi connectivity index (χ2n) is 8.08. The van der Waals surface area contributed by atoms with Crippen molar-refractivity contribution in [2.24, 2.45) is 5.92 Å². The van der Waals surface area contributed by atoms with Gasteiger partial charge in [0.15, 0.2) is 0 Å². The summed E-state index contributed by atoms with van der Waals surface area (Å²) in [7, 11) is -3.08. The van der Waals surface area contributed by atoms with Gasteiger partial charge in [-0.15, -0.1) is 0 Å². The Labute approximate surface area is 170 Å². The highest BCUT2D eigenvalue weighted by atomic mass is 32.2. The van der Waals surface area contributed by atoms with E-state index < -0.39 is 10.0 Å². The molecule has 0 bridgehead atoms. The molecule has 2 aliphatic rings. The lowest BCUT2D eigenvalue weighted by atomic mass is 10.0. The quantitative estimate of drug-likeness (QED) is 0.659. The summed E-state index contributed by atoms with van der Waals surface area (Å²) in [5, 5.41) is 0. The summed E-state index contributed by atoms with van der Waals surface area (Å²) in [4.78, 5) is 4.82. The Hall–Kier alpha value is -1.15. The molecule has 1 aromatic carbocycles. The van der Waals surface area contributed by atoms with Crippen LogP contribution in [-0.2, 0) is 16.6 Å². The average molecular weight is 410 g/mol. The molecular weight excluding hydrogens is 374 g/mol. The lowest BCUT2D eigenvalue weighted by Gasteiger charge is -2.34. The second-order valence-corrected chi connectivity index (χ2v) is 10.3. The van der Waals surface area contributed by atoms with E-state index in [-0.39, 0.29) is 5.75 Å². The molecule has 2 fully saturated rings. The highest BCUT2D eigenvalue weighted by molar-refractivity contribution is 7.89. The summed E-state index contributed by atoms with van der Waals surface area (Å²) in [6.45, 7) is 11.6. The van der Waals surface area contributed by atoms with Crippen LogP contribution < -0.4 is 4.74 Å². The molecule has 2 aliphatic heterocycles. The van der Waals surface area contributed by atoms with Crippen LogP contribution in [0.15, 0.2) is 24.3 Å². The number of piperazine rings is 1. The van der Waals surface area contributed by atoms with E-state index in [0.717, 1.165) is 37.8 Å². The van der Waals surface area contributed by atoms with Crippen LogP contribution in [0, 0.1) is 5.92 Å². The molecule has 1 aromatic rings. The number of ether oxygens (including phenoxy) is 1. The summed E-state index contributed by atoms with van der Waals surface area (Å²) < 4.78 is 31.8. The average Bonchev–Trinajstić information content (AvgIpc) is 2.70. The maximum atomic E-state index is 12.0. The van der Waals surface area contributed by atoms with Gasteiger partial charge in [-0.3, -0.25) is 9.80 Å². The molecule has 0 saturated carbocycles. The number of rotatable bonds is 8. The van der Waals surface area contributed by atoms with Crippen LogP contribution in [0.25, 0.3) is 0 Å². The summed E-state index contributed by atoms with van der Waals surface area (Å²) in [6, 6.07) is 8.24. The van der Waals surface area contributed by atoms with Gasteiger partial charge in [0.2, 0.25) is 10.0 Å². The smallest absolute Gasteiger partial charge is 0.213 e. The Morgan fingerprint density at radius 2 is 1.82 bits per heavy atom. The third-order valence-electron chi connectivity index (χ3n) is 5.86. The lowest BCUT2D eigenvalue weighted by Crippen LogP contribution is -2.48. The Morgan fingerprint density at radius 1 is 1.07 bits per heavy atom. The molecule has 28 heavy (non-hydrogen) atoms. The molecule has 7 heteroatoms. The summed E-state index contributed by atoms with van der Waals surface area (Å²) >= 11 is 0. The van der Waals surface area contributed by atoms with E-state index in [0.29, 0.717) is 19.7 Å². The first-order valence-corrected chi connectivity index (χ1v) is 12.2. The van der Waals surface area contributed by atoms with E-state index in [1.54, 1.807) is 11.2 Å². The van der Waals surface area contributed by atoms with Gasteiger partial charge in [0, 0.05) is 51.4 Å². The van der Waals surface area contributed by atoms with Gasteiger partial charge in [0.1, 0.15) is 12.4 Å². The van der Waals surface area contributed by atoms with Crippen molar-refractivity contribution >= 4 is 10.0 Å². The zero-order valence-corrected chi connectivity index (χ0v) is 18.2. The molecule has 3 rings (SSSR count). The van der Waals surface area contributed by atoms with Crippen molar-refractivity contribution in [2.75, 3.05) is 58.2 Å². The van der Waals surface area contributed by atoms with Crippen molar-refractivity contribution in [1.82, 2.24) is 14.1 Å². The van der Waals surface area contributed by atoms with E-state index in [9.17, 15) is 8.42 Å². The number of piperidine rings is 1. The van der Waals surface area contributed by atoms with Crippen molar-refractivity contribution in [2.45, 2.75) is 33.2 Å². The van der Waals surface area contributed by atoms with Crippen LogP contribution in [0.4, 0.5) is 0 Å². The minimum Gasteiger partial charge on any atom is -0.492 e. The van der Waals surface area contributed by atoms with Gasteiger partial charge in [0.25, 0.3) is 0 Å². The van der Waals surface area contributed by atoms with Gasteiger partial charge in [-0.05, 0) is 38.3 Å². The molecule has 0 N–H and O–H groups in total. The van der Waals surface area contributed by atoms with E-state index in [1.807, 2.05) is 18.2 Å². The first-order chi connectivity index (χ1) is 13.5. The van der Waals surface area contributed by atoms with Crippen molar-refractivity contribution in [3.63, 3.8) is 0 Å². The normalized spacial score (nSPS) is 23.0. The molecule has 2 saturated heterocycles. The molecule has 0 spiro atoms. The molecule has 158 valence electrons. The number of nitrogens with zero attached hydrogens (tertiary/aromatic N) is 3. The van der Waals surface area contributed by atoms with Gasteiger partial charge in [-0.25, -0.2) is 8.42 Å². The third kappa shape index (κ3) is 5.92. The van der Waals surface area contributed by atoms with Gasteiger partial charge in [0.05, 0.1) is 5.75 Å². The molecule has 6 nitrogen and oxygen atoms in total. The number of sulfonamides is 1. The number of benzene rings is 1. The zero-order valence-electron chi connectivity index (χ0n) is 17.3. The second kappa shape index (κ2) is 10.1. The zero-order chi connectivity index (χ0) is 20.0. The van der Waals surface area contributed by atoms with Crippen molar-refractivity contribution in [3.05, 3.63) is 29.8 Å². The highest BCUT2D eigenvalue weighted by Crippen LogP contribution is 2.21. The largest absolute Gasteiger partial charge is 0.492 e. The Morgan fingerprint density at radius 3 is 2.54 bits per heavy atom. The van der Waals surface area contributed by atoms with Crippen LogP contribution in [0.1, 0.15) is 32.3 Å². The summed E-state index contributed by atoms with van der Waals surface area (Å²) in [5.41, 5.74) is 1.18. The fourth-order valence-corrected chi connectivity index (χ4v) is 5.22. The van der Waals surface area contributed by atoms with Crippen LogP contribution in [0.2, 0.25) is 0 Å². The fourth-order valence-electron chi connectivity index (χ4n) is 4.14. The van der Waals surface area contributed by atoms with Gasteiger partial charge in [-0.2, -0.15) is 4.31 Å². The number of hydrogen-bond acceptors (Lipinski definition) is 5. The van der Waals surface area contributed by atoms with Gasteiger partial charge in [-0.1, -0.05) is 25.1 Å². The third-order valence-corrected chi connectivity index (χ3v) is 7.74. The van der Waals surface area contributed by atoms with Gasteiger partial charge < -0.3 is 4.74 Å². The molecule has 1 atom stereocenters. The predicted molar refractivity (Wildman–Crippen MR) is 113 cm³/mol. The SMILES string of the molecule is CCS(=O)(=O)N1CCN(Cc2ccccc2OCCN2CCCC(C)C2)CC1. The van der Waals surface area contributed by atoms with Crippen molar-refractivity contribution in [3.8, 4) is 5.75 Å². The molecular formula is C21H35N3O3S. The fraction of sp³-hybridized carbons (Fsp3) is 0.714. The monoisotopic (exact) mass is 409 g/mol. The molecule has 0 amide bonds. The minimum atomic E-state index is -3.08. The molecule has 2 heterocycles. The lowest BCUT2D eigenvalue weighted by molar-refractivity contribution is 0.151. The maximum Gasteiger partial charge on any atom is 0.213 e. The first-order valence-electron chi connectivity index (χ1n) is 10.6. The summed E-state index contributed by atoms with van der Waals surface area (Å²) in [6.07, 6.45) is 2.63. The number of hydrogen-bond donors (Lipinski definition) is 0. The van der Waals surface area contributed by atoms with E-state index in [1.165, 1.54) is 31.5 Å².